The van der Waals surface area contributed by atoms with Crippen LogP contribution in [0, 0.1) is 0 Å². The van der Waals surface area contributed by atoms with Crippen LogP contribution in [0.4, 0.5) is 0 Å². The molecule has 0 bridgehead atoms. The standard InChI is InChI=1S/C36H24N6O2/c43-35-39(27-16-6-2-7-17-27)30-24-31-34(38-33(30)41(35)29-20-12-15-26(23-29)25-13-4-1-5-14-25)42(32-21-10-11-22-37-32)36(44)40(31)28-18-8-3-9-19-28/h1-24H. The first-order valence-corrected chi connectivity index (χ1v) is 14.2. The van der Waals surface area contributed by atoms with Gasteiger partial charge in [0.1, 0.15) is 5.82 Å². The van der Waals surface area contributed by atoms with Gasteiger partial charge in [-0.3, -0.25) is 9.13 Å². The highest BCUT2D eigenvalue weighted by molar-refractivity contribution is 5.90. The van der Waals surface area contributed by atoms with Gasteiger partial charge in [0.2, 0.25) is 0 Å². The van der Waals surface area contributed by atoms with Crippen molar-refractivity contribution >= 4 is 22.3 Å². The van der Waals surface area contributed by atoms with Gasteiger partial charge in [-0.2, -0.15) is 0 Å². The lowest BCUT2D eigenvalue weighted by atomic mass is 10.1. The summed E-state index contributed by atoms with van der Waals surface area (Å²) in [4.78, 5) is 38.1. The Bertz CT molecular complexity index is 2410. The van der Waals surface area contributed by atoms with Gasteiger partial charge < -0.3 is 0 Å². The summed E-state index contributed by atoms with van der Waals surface area (Å²) < 4.78 is 6.37. The molecule has 4 aromatic heterocycles. The number of aromatic nitrogens is 6. The molecule has 0 unspecified atom stereocenters. The fourth-order valence-electron chi connectivity index (χ4n) is 5.75. The predicted octanol–water partition coefficient (Wildman–Crippen LogP) is 6.33. The van der Waals surface area contributed by atoms with Crippen LogP contribution in [-0.4, -0.2) is 28.2 Å². The molecule has 0 N–H and O–H groups in total. The summed E-state index contributed by atoms with van der Waals surface area (Å²) >= 11 is 0. The van der Waals surface area contributed by atoms with E-state index in [0.717, 1.165) is 11.1 Å². The molecule has 0 saturated heterocycles. The van der Waals surface area contributed by atoms with E-state index in [2.05, 4.69) is 4.98 Å². The summed E-state index contributed by atoms with van der Waals surface area (Å²) in [5.41, 5.74) is 5.41. The van der Waals surface area contributed by atoms with E-state index in [9.17, 15) is 9.59 Å². The molecular formula is C36H24N6O2. The average Bonchev–Trinajstić information content (AvgIpc) is 3.53. The van der Waals surface area contributed by atoms with Gasteiger partial charge in [0.15, 0.2) is 11.3 Å². The summed E-state index contributed by atoms with van der Waals surface area (Å²) in [5.74, 6) is 0.437. The minimum absolute atomic E-state index is 0.269. The molecule has 8 heteroatoms. The third-order valence-electron chi connectivity index (χ3n) is 7.73. The van der Waals surface area contributed by atoms with Gasteiger partial charge in [0.05, 0.1) is 28.1 Å². The molecule has 8 rings (SSSR count). The van der Waals surface area contributed by atoms with E-state index in [4.69, 9.17) is 4.98 Å². The number of fused-ring (bicyclic) bond motifs is 2. The minimum atomic E-state index is -0.309. The lowest BCUT2D eigenvalue weighted by Crippen LogP contribution is -2.23. The lowest BCUT2D eigenvalue weighted by molar-refractivity contribution is 0.896. The monoisotopic (exact) mass is 572 g/mol. The number of pyridine rings is 2. The van der Waals surface area contributed by atoms with E-state index in [1.807, 2.05) is 127 Å². The minimum Gasteiger partial charge on any atom is -0.258 e. The molecule has 8 aromatic rings. The van der Waals surface area contributed by atoms with Crippen molar-refractivity contribution in [2.75, 3.05) is 0 Å². The Labute approximate surface area is 251 Å². The SMILES string of the molecule is O=c1n(-c2ccccc2)c2cc3c(nc2n1-c1cccc(-c2ccccc2)c1)n(-c1ccccn1)c(=O)n3-c1ccccc1. The summed E-state index contributed by atoms with van der Waals surface area (Å²) in [5, 5.41) is 0. The molecule has 0 aliphatic heterocycles. The van der Waals surface area contributed by atoms with Crippen molar-refractivity contribution in [2.24, 2.45) is 0 Å². The summed E-state index contributed by atoms with van der Waals surface area (Å²) in [6, 6.07) is 44.0. The smallest absolute Gasteiger partial charge is 0.258 e. The number of benzene rings is 4. The van der Waals surface area contributed by atoms with Crippen molar-refractivity contribution in [3.05, 3.63) is 167 Å². The van der Waals surface area contributed by atoms with E-state index in [-0.39, 0.29) is 11.4 Å². The molecule has 0 amide bonds. The number of hydrogen-bond donors (Lipinski definition) is 0. The lowest BCUT2D eigenvalue weighted by Gasteiger charge is -2.07. The van der Waals surface area contributed by atoms with Crippen LogP contribution in [-0.2, 0) is 0 Å². The van der Waals surface area contributed by atoms with Gasteiger partial charge in [0.25, 0.3) is 0 Å². The molecule has 0 aliphatic rings. The second-order valence-corrected chi connectivity index (χ2v) is 10.4. The van der Waals surface area contributed by atoms with Crippen LogP contribution in [0.15, 0.2) is 155 Å². The zero-order chi connectivity index (χ0) is 29.6. The quantitative estimate of drug-likeness (QED) is 0.241. The fourth-order valence-corrected chi connectivity index (χ4v) is 5.75. The Morgan fingerprint density at radius 1 is 0.432 bits per heavy atom. The van der Waals surface area contributed by atoms with E-state index >= 15 is 0 Å². The normalized spacial score (nSPS) is 11.4. The summed E-state index contributed by atoms with van der Waals surface area (Å²) in [6.07, 6.45) is 1.64. The van der Waals surface area contributed by atoms with Crippen LogP contribution in [0.1, 0.15) is 0 Å². The average molecular weight is 573 g/mol. The third kappa shape index (κ3) is 4.00. The maximum atomic E-state index is 14.4. The maximum Gasteiger partial charge on any atom is 0.340 e. The van der Waals surface area contributed by atoms with Crippen molar-refractivity contribution in [3.63, 3.8) is 0 Å². The van der Waals surface area contributed by atoms with Crippen molar-refractivity contribution in [2.45, 2.75) is 0 Å². The second-order valence-electron chi connectivity index (χ2n) is 10.4. The van der Waals surface area contributed by atoms with Crippen LogP contribution < -0.4 is 11.4 Å². The highest BCUT2D eigenvalue weighted by Gasteiger charge is 2.24. The Morgan fingerprint density at radius 2 is 0.955 bits per heavy atom. The molecular weight excluding hydrogens is 548 g/mol. The largest absolute Gasteiger partial charge is 0.340 e. The van der Waals surface area contributed by atoms with Crippen LogP contribution >= 0.6 is 0 Å². The van der Waals surface area contributed by atoms with Gasteiger partial charge in [0, 0.05) is 6.20 Å². The summed E-state index contributed by atoms with van der Waals surface area (Å²) in [7, 11) is 0. The molecule has 0 fully saturated rings. The number of para-hydroxylation sites is 2. The van der Waals surface area contributed by atoms with E-state index < -0.39 is 0 Å². The van der Waals surface area contributed by atoms with Gasteiger partial charge in [-0.15, -0.1) is 0 Å². The van der Waals surface area contributed by atoms with Crippen molar-refractivity contribution in [1.29, 1.82) is 0 Å². The molecule has 4 aromatic carbocycles. The Hall–Kier alpha value is -6.28. The molecule has 0 atom stereocenters. The van der Waals surface area contributed by atoms with Crippen molar-refractivity contribution in [3.8, 4) is 34.0 Å². The third-order valence-corrected chi connectivity index (χ3v) is 7.73. The van der Waals surface area contributed by atoms with E-state index in [1.165, 1.54) is 4.57 Å². The van der Waals surface area contributed by atoms with Crippen LogP contribution in [0.2, 0.25) is 0 Å². The molecule has 0 aliphatic carbocycles. The van der Waals surface area contributed by atoms with Crippen LogP contribution in [0.25, 0.3) is 56.3 Å². The maximum absolute atomic E-state index is 14.4. The zero-order valence-electron chi connectivity index (χ0n) is 23.4. The molecule has 4 heterocycles. The Balaban J connectivity index is 1.51. The van der Waals surface area contributed by atoms with Gasteiger partial charge in [-0.05, 0) is 65.7 Å². The fraction of sp³-hybridized carbons (Fsp3) is 0. The highest BCUT2D eigenvalue weighted by atomic mass is 16.2. The van der Waals surface area contributed by atoms with Crippen LogP contribution in [0.3, 0.4) is 0 Å². The van der Waals surface area contributed by atoms with Crippen molar-refractivity contribution < 1.29 is 0 Å². The Kier molecular flexibility index (Phi) is 5.90. The molecule has 0 radical (unpaired) electrons. The van der Waals surface area contributed by atoms with Gasteiger partial charge in [-0.1, -0.05) is 84.9 Å². The van der Waals surface area contributed by atoms with Gasteiger partial charge >= 0.3 is 11.4 Å². The Morgan fingerprint density at radius 3 is 1.57 bits per heavy atom. The first kappa shape index (κ1) is 25.4. The number of rotatable bonds is 5. The zero-order valence-corrected chi connectivity index (χ0v) is 23.4. The van der Waals surface area contributed by atoms with Gasteiger partial charge in [-0.25, -0.2) is 28.7 Å². The molecule has 0 spiro atoms. The molecule has 210 valence electrons. The van der Waals surface area contributed by atoms with E-state index in [0.29, 0.717) is 45.2 Å². The second kappa shape index (κ2) is 10.2. The van der Waals surface area contributed by atoms with E-state index in [1.54, 1.807) is 32.0 Å². The molecule has 0 saturated carbocycles. The predicted molar refractivity (Wildman–Crippen MR) is 172 cm³/mol. The van der Waals surface area contributed by atoms with Crippen LogP contribution in [0.5, 0.6) is 0 Å². The number of hydrogen-bond acceptors (Lipinski definition) is 4. The molecule has 44 heavy (non-hydrogen) atoms. The molecule has 8 nitrogen and oxygen atoms in total. The summed E-state index contributed by atoms with van der Waals surface area (Å²) in [6.45, 7) is 0. The topological polar surface area (TPSA) is 79.6 Å². The first-order valence-electron chi connectivity index (χ1n) is 14.2. The first-order chi connectivity index (χ1) is 21.7. The highest BCUT2D eigenvalue weighted by Crippen LogP contribution is 2.28. The van der Waals surface area contributed by atoms with Crippen molar-refractivity contribution in [1.82, 2.24) is 28.2 Å². The number of nitrogens with zero attached hydrogens (tertiary/aromatic N) is 6. The number of imidazole rings is 2.